The molecule has 21 heavy (non-hydrogen) atoms. The molecule has 1 fully saturated rings. The smallest absolute Gasteiger partial charge is 0.251 e. The lowest BCUT2D eigenvalue weighted by molar-refractivity contribution is 0.0910. The van der Waals surface area contributed by atoms with E-state index in [1.165, 1.54) is 0 Å². The molecule has 0 unspecified atom stereocenters. The van der Waals surface area contributed by atoms with Crippen LogP contribution in [0.3, 0.4) is 0 Å². The number of rotatable bonds is 4. The number of aromatic nitrogens is 1. The van der Waals surface area contributed by atoms with Gasteiger partial charge in [0.25, 0.3) is 5.91 Å². The van der Waals surface area contributed by atoms with Crippen molar-refractivity contribution in [2.24, 2.45) is 5.92 Å². The molecule has 5 heteroatoms. The van der Waals surface area contributed by atoms with Crippen molar-refractivity contribution in [1.29, 1.82) is 0 Å². The minimum absolute atomic E-state index is 0.104. The van der Waals surface area contributed by atoms with Crippen LogP contribution in [0.25, 0.3) is 0 Å². The Balaban J connectivity index is 1.94. The first-order valence-electron chi connectivity index (χ1n) is 7.59. The number of aliphatic hydroxyl groups is 1. The van der Waals surface area contributed by atoms with Crippen molar-refractivity contribution in [3.63, 3.8) is 0 Å². The van der Waals surface area contributed by atoms with Crippen molar-refractivity contribution in [3.05, 3.63) is 28.5 Å². The number of amides is 1. The molecule has 0 saturated heterocycles. The molecule has 1 aromatic heterocycles. The number of hydrogen-bond acceptors (Lipinski definition) is 3. The number of nitrogens with zero attached hydrogens (tertiary/aromatic N) is 1. The second-order valence-corrected chi connectivity index (χ2v) is 6.53. The molecular weight excluding hydrogens is 288 g/mol. The summed E-state index contributed by atoms with van der Waals surface area (Å²) in [5.74, 6) is 0.585. The van der Waals surface area contributed by atoms with Gasteiger partial charge in [0.2, 0.25) is 0 Å². The molecule has 1 aliphatic carbocycles. The summed E-state index contributed by atoms with van der Waals surface area (Å²) in [5, 5.41) is 12.8. The van der Waals surface area contributed by atoms with E-state index < -0.39 is 0 Å². The number of halogens is 1. The first-order valence-corrected chi connectivity index (χ1v) is 7.97. The zero-order chi connectivity index (χ0) is 15.4. The summed E-state index contributed by atoms with van der Waals surface area (Å²) < 4.78 is 0. The Bertz CT molecular complexity index is 497. The minimum atomic E-state index is -0.162. The number of hydrogen-bond donors (Lipinski definition) is 2. The molecule has 0 atom stereocenters. The van der Waals surface area contributed by atoms with Crippen LogP contribution in [0.15, 0.2) is 12.1 Å². The monoisotopic (exact) mass is 310 g/mol. The van der Waals surface area contributed by atoms with Crippen molar-refractivity contribution in [1.82, 2.24) is 10.3 Å². The summed E-state index contributed by atoms with van der Waals surface area (Å²) in [5.41, 5.74) is 1.39. The van der Waals surface area contributed by atoms with Gasteiger partial charge in [0.1, 0.15) is 5.15 Å². The van der Waals surface area contributed by atoms with Gasteiger partial charge in [0.05, 0.1) is 6.10 Å². The zero-order valence-electron chi connectivity index (χ0n) is 12.6. The van der Waals surface area contributed by atoms with Gasteiger partial charge < -0.3 is 10.4 Å². The van der Waals surface area contributed by atoms with E-state index in [2.05, 4.69) is 10.3 Å². The van der Waals surface area contributed by atoms with Crippen LogP contribution >= 0.6 is 11.6 Å². The number of carbonyl (C=O) groups is 1. The van der Waals surface area contributed by atoms with Crippen molar-refractivity contribution >= 4 is 17.5 Å². The lowest BCUT2D eigenvalue weighted by Crippen LogP contribution is -2.32. The van der Waals surface area contributed by atoms with Crippen LogP contribution in [0, 0.1) is 5.92 Å². The van der Waals surface area contributed by atoms with Gasteiger partial charge in [-0.3, -0.25) is 4.79 Å². The number of nitrogens with one attached hydrogen (secondary N) is 1. The average Bonchev–Trinajstić information content (AvgIpc) is 2.45. The Kier molecular flexibility index (Phi) is 5.59. The highest BCUT2D eigenvalue weighted by Gasteiger charge is 2.20. The Labute approximate surface area is 130 Å². The number of pyridine rings is 1. The molecule has 116 valence electrons. The van der Waals surface area contributed by atoms with E-state index in [0.717, 1.165) is 31.4 Å². The van der Waals surface area contributed by atoms with Gasteiger partial charge >= 0.3 is 0 Å². The fourth-order valence-electron chi connectivity index (χ4n) is 2.63. The van der Waals surface area contributed by atoms with Gasteiger partial charge in [-0.25, -0.2) is 4.98 Å². The van der Waals surface area contributed by atoms with Crippen LogP contribution in [0.2, 0.25) is 5.15 Å². The third-order valence-electron chi connectivity index (χ3n) is 4.04. The first kappa shape index (κ1) is 16.2. The fraction of sp³-hybridized carbons (Fsp3) is 0.625. The molecule has 0 aliphatic heterocycles. The van der Waals surface area contributed by atoms with Gasteiger partial charge in [-0.15, -0.1) is 0 Å². The lowest BCUT2D eigenvalue weighted by Gasteiger charge is -2.25. The van der Waals surface area contributed by atoms with Crippen LogP contribution in [-0.4, -0.2) is 28.6 Å². The van der Waals surface area contributed by atoms with Crippen LogP contribution in [0.5, 0.6) is 0 Å². The Morgan fingerprint density at radius 2 is 2.05 bits per heavy atom. The Hall–Kier alpha value is -1.13. The van der Waals surface area contributed by atoms with E-state index in [0.29, 0.717) is 23.2 Å². The highest BCUT2D eigenvalue weighted by atomic mass is 35.5. The van der Waals surface area contributed by atoms with Crippen LogP contribution < -0.4 is 5.32 Å². The zero-order valence-corrected chi connectivity index (χ0v) is 13.4. The standard InChI is InChI=1S/C16H23ClN2O2/c1-10(2)14-7-12(8-15(17)19-14)16(21)18-9-11-3-5-13(20)6-4-11/h7-8,10-11,13,20H,3-6,9H2,1-2H3,(H,18,21). The van der Waals surface area contributed by atoms with E-state index >= 15 is 0 Å². The molecule has 1 amide bonds. The molecule has 0 spiro atoms. The molecule has 1 aliphatic rings. The predicted molar refractivity (Wildman–Crippen MR) is 83.6 cm³/mol. The van der Waals surface area contributed by atoms with Gasteiger partial charge in [-0.1, -0.05) is 25.4 Å². The molecule has 4 nitrogen and oxygen atoms in total. The highest BCUT2D eigenvalue weighted by molar-refractivity contribution is 6.29. The maximum atomic E-state index is 12.2. The number of carbonyl (C=O) groups excluding carboxylic acids is 1. The topological polar surface area (TPSA) is 62.2 Å². The van der Waals surface area contributed by atoms with Crippen LogP contribution in [0.4, 0.5) is 0 Å². The number of aliphatic hydroxyl groups excluding tert-OH is 1. The quantitative estimate of drug-likeness (QED) is 0.840. The summed E-state index contributed by atoms with van der Waals surface area (Å²) in [6, 6.07) is 3.41. The SMILES string of the molecule is CC(C)c1cc(C(=O)NCC2CCC(O)CC2)cc(Cl)n1. The van der Waals surface area contributed by atoms with Crippen LogP contribution in [0.1, 0.15) is 61.5 Å². The molecule has 2 N–H and O–H groups in total. The predicted octanol–water partition coefficient (Wildman–Crippen LogP) is 3.14. The molecule has 1 saturated carbocycles. The average molecular weight is 311 g/mol. The highest BCUT2D eigenvalue weighted by Crippen LogP contribution is 2.23. The van der Waals surface area contributed by atoms with Gasteiger partial charge in [-0.05, 0) is 49.7 Å². The molecule has 0 aromatic carbocycles. The van der Waals surface area contributed by atoms with E-state index in [9.17, 15) is 9.90 Å². The minimum Gasteiger partial charge on any atom is -0.393 e. The summed E-state index contributed by atoms with van der Waals surface area (Å²) in [6.45, 7) is 4.70. The van der Waals surface area contributed by atoms with Crippen molar-refractivity contribution < 1.29 is 9.90 Å². The molecule has 1 aromatic rings. The van der Waals surface area contributed by atoms with Gasteiger partial charge in [0, 0.05) is 17.8 Å². The van der Waals surface area contributed by atoms with Crippen molar-refractivity contribution in [3.8, 4) is 0 Å². The van der Waals surface area contributed by atoms with E-state index in [1.807, 2.05) is 13.8 Å². The molecule has 0 radical (unpaired) electrons. The summed E-state index contributed by atoms with van der Waals surface area (Å²) in [6.07, 6.45) is 3.44. The summed E-state index contributed by atoms with van der Waals surface area (Å²) >= 11 is 5.98. The normalized spacial score (nSPS) is 22.3. The van der Waals surface area contributed by atoms with Gasteiger partial charge in [-0.2, -0.15) is 0 Å². The molecule has 1 heterocycles. The fourth-order valence-corrected chi connectivity index (χ4v) is 2.85. The third kappa shape index (κ3) is 4.68. The summed E-state index contributed by atoms with van der Waals surface area (Å²) in [7, 11) is 0. The van der Waals surface area contributed by atoms with E-state index in [1.54, 1.807) is 12.1 Å². The molecular formula is C16H23ClN2O2. The second-order valence-electron chi connectivity index (χ2n) is 6.14. The Morgan fingerprint density at radius 1 is 1.38 bits per heavy atom. The molecule has 0 bridgehead atoms. The third-order valence-corrected chi connectivity index (χ3v) is 4.23. The van der Waals surface area contributed by atoms with E-state index in [4.69, 9.17) is 11.6 Å². The van der Waals surface area contributed by atoms with Crippen LogP contribution in [-0.2, 0) is 0 Å². The maximum Gasteiger partial charge on any atom is 0.251 e. The Morgan fingerprint density at radius 3 is 2.67 bits per heavy atom. The second kappa shape index (κ2) is 7.23. The van der Waals surface area contributed by atoms with Gasteiger partial charge in [0.15, 0.2) is 0 Å². The van der Waals surface area contributed by atoms with Crippen molar-refractivity contribution in [2.45, 2.75) is 51.6 Å². The molecule has 2 rings (SSSR count). The van der Waals surface area contributed by atoms with Crippen molar-refractivity contribution in [2.75, 3.05) is 6.54 Å². The van der Waals surface area contributed by atoms with E-state index in [-0.39, 0.29) is 17.9 Å². The lowest BCUT2D eigenvalue weighted by atomic mass is 9.87. The maximum absolute atomic E-state index is 12.2. The first-order chi connectivity index (χ1) is 9.95. The summed E-state index contributed by atoms with van der Waals surface area (Å²) in [4.78, 5) is 16.5. The largest absolute Gasteiger partial charge is 0.393 e.